The molecule has 1 aromatic rings. The second-order valence-electron chi connectivity index (χ2n) is 5.58. The molecule has 3 N–H and O–H groups in total. The van der Waals surface area contributed by atoms with Crippen LogP contribution in [0.3, 0.4) is 0 Å². The minimum Gasteiger partial charge on any atom is -0.495 e. The van der Waals surface area contributed by atoms with Crippen LogP contribution in [-0.4, -0.2) is 30.3 Å². The number of hydrogen-bond acceptors (Lipinski definition) is 3. The maximum atomic E-state index is 12.0. The molecule has 0 aliphatic heterocycles. The molecule has 1 atom stereocenters. The number of amides is 2. The van der Waals surface area contributed by atoms with Crippen molar-refractivity contribution >= 4 is 33.6 Å². The van der Waals surface area contributed by atoms with E-state index >= 15 is 0 Å². The molecule has 2 amide bonds. The number of ether oxygens (including phenoxy) is 1. The summed E-state index contributed by atoms with van der Waals surface area (Å²) < 4.78 is 5.91. The molecule has 0 fully saturated rings. The number of hydrogen-bond donors (Lipinski definition) is 3. The molecule has 0 saturated carbocycles. The highest BCUT2D eigenvalue weighted by atomic mass is 79.9. The fourth-order valence-electron chi connectivity index (χ4n) is 1.72. The molecule has 0 aromatic heterocycles. The van der Waals surface area contributed by atoms with Gasteiger partial charge >= 0.3 is 12.0 Å². The van der Waals surface area contributed by atoms with Crippen molar-refractivity contribution in [2.45, 2.75) is 26.8 Å². The average molecular weight is 359 g/mol. The summed E-state index contributed by atoms with van der Waals surface area (Å²) in [5.74, 6) is -0.602. The topological polar surface area (TPSA) is 87.7 Å². The molecule has 0 heterocycles. The van der Waals surface area contributed by atoms with Gasteiger partial charge in [0.05, 0.1) is 12.8 Å². The number of rotatable bonds is 4. The standard InChI is InChI=1S/C14H19BrN2O4/c1-14(2,3)11(12(18)19)17-13(20)16-9-7-8(15)5-6-10(9)21-4/h5-7,11H,1-4H3,(H,18,19)(H2,16,17,20). The van der Waals surface area contributed by atoms with Gasteiger partial charge in [-0.05, 0) is 23.6 Å². The van der Waals surface area contributed by atoms with Gasteiger partial charge in [0, 0.05) is 4.47 Å². The average Bonchev–Trinajstić information content (AvgIpc) is 2.34. The van der Waals surface area contributed by atoms with Crippen molar-refractivity contribution in [1.82, 2.24) is 5.32 Å². The first-order valence-electron chi connectivity index (χ1n) is 6.29. The van der Waals surface area contributed by atoms with E-state index in [2.05, 4.69) is 26.6 Å². The van der Waals surface area contributed by atoms with Crippen LogP contribution in [0.2, 0.25) is 0 Å². The maximum Gasteiger partial charge on any atom is 0.326 e. The molecule has 0 spiro atoms. The number of methoxy groups -OCH3 is 1. The SMILES string of the molecule is COc1ccc(Br)cc1NC(=O)NC(C(=O)O)C(C)(C)C. The Labute approximate surface area is 132 Å². The van der Waals surface area contributed by atoms with Crippen LogP contribution < -0.4 is 15.4 Å². The summed E-state index contributed by atoms with van der Waals surface area (Å²) in [6, 6.07) is 3.53. The second-order valence-corrected chi connectivity index (χ2v) is 6.50. The van der Waals surface area contributed by atoms with Crippen LogP contribution in [-0.2, 0) is 4.79 Å². The minimum atomic E-state index is -1.08. The molecular weight excluding hydrogens is 340 g/mol. The number of aliphatic carboxylic acids is 1. The molecular formula is C14H19BrN2O4. The summed E-state index contributed by atoms with van der Waals surface area (Å²) in [5.41, 5.74) is -0.160. The third-order valence-electron chi connectivity index (χ3n) is 2.80. The lowest BCUT2D eigenvalue weighted by Gasteiger charge is -2.27. The summed E-state index contributed by atoms with van der Waals surface area (Å²) >= 11 is 3.30. The third kappa shape index (κ3) is 4.93. The minimum absolute atomic E-state index is 0.447. The predicted molar refractivity (Wildman–Crippen MR) is 83.7 cm³/mol. The fourth-order valence-corrected chi connectivity index (χ4v) is 2.08. The van der Waals surface area contributed by atoms with E-state index in [0.29, 0.717) is 11.4 Å². The summed E-state index contributed by atoms with van der Waals surface area (Å²) in [5, 5.41) is 14.2. The van der Waals surface area contributed by atoms with Crippen molar-refractivity contribution in [3.05, 3.63) is 22.7 Å². The lowest BCUT2D eigenvalue weighted by atomic mass is 9.87. The van der Waals surface area contributed by atoms with Crippen LogP contribution in [0.1, 0.15) is 20.8 Å². The number of carboxylic acids is 1. The molecule has 0 aliphatic carbocycles. The highest BCUT2D eigenvalue weighted by molar-refractivity contribution is 9.10. The van der Waals surface area contributed by atoms with Gasteiger partial charge in [-0.3, -0.25) is 0 Å². The molecule has 6 nitrogen and oxygen atoms in total. The van der Waals surface area contributed by atoms with Crippen LogP contribution in [0.15, 0.2) is 22.7 Å². The normalized spacial score (nSPS) is 12.4. The Morgan fingerprint density at radius 1 is 1.33 bits per heavy atom. The van der Waals surface area contributed by atoms with E-state index < -0.39 is 23.5 Å². The van der Waals surface area contributed by atoms with Crippen molar-refractivity contribution in [2.75, 3.05) is 12.4 Å². The third-order valence-corrected chi connectivity index (χ3v) is 3.29. The number of carbonyl (C=O) groups excluding carboxylic acids is 1. The van der Waals surface area contributed by atoms with E-state index in [1.165, 1.54) is 7.11 Å². The second kappa shape index (κ2) is 6.80. The van der Waals surface area contributed by atoms with Gasteiger partial charge < -0.3 is 20.5 Å². The molecule has 1 unspecified atom stereocenters. The van der Waals surface area contributed by atoms with Gasteiger partial charge in [-0.15, -0.1) is 0 Å². The van der Waals surface area contributed by atoms with Crippen molar-refractivity contribution in [3.63, 3.8) is 0 Å². The number of anilines is 1. The van der Waals surface area contributed by atoms with E-state index in [-0.39, 0.29) is 0 Å². The van der Waals surface area contributed by atoms with E-state index in [4.69, 9.17) is 4.74 Å². The summed E-state index contributed by atoms with van der Waals surface area (Å²) in [6.07, 6.45) is 0. The van der Waals surface area contributed by atoms with E-state index in [1.54, 1.807) is 39.0 Å². The quantitative estimate of drug-likeness (QED) is 0.771. The number of benzene rings is 1. The Kier molecular flexibility index (Phi) is 5.60. The van der Waals surface area contributed by atoms with Crippen LogP contribution in [0.4, 0.5) is 10.5 Å². The largest absolute Gasteiger partial charge is 0.495 e. The van der Waals surface area contributed by atoms with E-state index in [0.717, 1.165) is 4.47 Å². The first-order valence-corrected chi connectivity index (χ1v) is 7.08. The molecule has 0 aliphatic rings. The van der Waals surface area contributed by atoms with Gasteiger partial charge in [-0.2, -0.15) is 0 Å². The molecule has 1 aromatic carbocycles. The van der Waals surface area contributed by atoms with Gasteiger partial charge in [0.25, 0.3) is 0 Å². The van der Waals surface area contributed by atoms with Crippen molar-refractivity contribution in [1.29, 1.82) is 0 Å². The molecule has 0 radical (unpaired) electrons. The Bertz CT molecular complexity index is 540. The molecule has 21 heavy (non-hydrogen) atoms. The fraction of sp³-hybridized carbons (Fsp3) is 0.429. The monoisotopic (exact) mass is 358 g/mol. The summed E-state index contributed by atoms with van der Waals surface area (Å²) in [6.45, 7) is 5.23. The van der Waals surface area contributed by atoms with E-state index in [1.807, 2.05) is 0 Å². The highest BCUT2D eigenvalue weighted by Crippen LogP contribution is 2.28. The molecule has 0 saturated heterocycles. The number of carboxylic acid groups (broad SMARTS) is 1. The predicted octanol–water partition coefficient (Wildman–Crippen LogP) is 3.08. The molecule has 0 bridgehead atoms. The van der Waals surface area contributed by atoms with Crippen molar-refractivity contribution < 1.29 is 19.4 Å². The first-order chi connectivity index (χ1) is 9.65. The summed E-state index contributed by atoms with van der Waals surface area (Å²) in [7, 11) is 1.49. The lowest BCUT2D eigenvalue weighted by molar-refractivity contribution is -0.141. The Morgan fingerprint density at radius 2 is 1.95 bits per heavy atom. The van der Waals surface area contributed by atoms with Crippen LogP contribution in [0.25, 0.3) is 0 Å². The maximum absolute atomic E-state index is 12.0. The molecule has 116 valence electrons. The van der Waals surface area contributed by atoms with Gasteiger partial charge in [0.2, 0.25) is 0 Å². The number of nitrogens with one attached hydrogen (secondary N) is 2. The van der Waals surface area contributed by atoms with Gasteiger partial charge in [0.15, 0.2) is 0 Å². The smallest absolute Gasteiger partial charge is 0.326 e. The number of urea groups is 1. The Hall–Kier alpha value is -1.76. The molecule has 1 rings (SSSR count). The van der Waals surface area contributed by atoms with Crippen LogP contribution >= 0.6 is 15.9 Å². The first kappa shape index (κ1) is 17.3. The van der Waals surface area contributed by atoms with Gasteiger partial charge in [0.1, 0.15) is 11.8 Å². The van der Waals surface area contributed by atoms with Crippen LogP contribution in [0, 0.1) is 5.41 Å². The Balaban J connectivity index is 2.86. The molecule has 7 heteroatoms. The zero-order valence-electron chi connectivity index (χ0n) is 12.4. The Morgan fingerprint density at radius 3 is 2.43 bits per heavy atom. The number of carbonyl (C=O) groups is 2. The van der Waals surface area contributed by atoms with Gasteiger partial charge in [-0.25, -0.2) is 9.59 Å². The van der Waals surface area contributed by atoms with E-state index in [9.17, 15) is 14.7 Å². The zero-order valence-corrected chi connectivity index (χ0v) is 13.9. The van der Waals surface area contributed by atoms with Crippen molar-refractivity contribution in [2.24, 2.45) is 5.41 Å². The zero-order chi connectivity index (χ0) is 16.2. The van der Waals surface area contributed by atoms with Crippen LogP contribution in [0.5, 0.6) is 5.75 Å². The van der Waals surface area contributed by atoms with Crippen molar-refractivity contribution in [3.8, 4) is 5.75 Å². The lowest BCUT2D eigenvalue weighted by Crippen LogP contribution is -2.50. The van der Waals surface area contributed by atoms with Gasteiger partial charge in [-0.1, -0.05) is 36.7 Å². The number of halogens is 1. The summed E-state index contributed by atoms with van der Waals surface area (Å²) in [4.78, 5) is 23.2. The highest BCUT2D eigenvalue weighted by Gasteiger charge is 2.32.